The predicted octanol–water partition coefficient (Wildman–Crippen LogP) is -0.337. The van der Waals surface area contributed by atoms with E-state index in [1.54, 1.807) is 0 Å². The van der Waals surface area contributed by atoms with E-state index in [9.17, 15) is 8.42 Å². The van der Waals surface area contributed by atoms with Gasteiger partial charge in [0.05, 0.1) is 6.26 Å². The van der Waals surface area contributed by atoms with Gasteiger partial charge in [-0.25, -0.2) is 13.1 Å². The van der Waals surface area contributed by atoms with Crippen molar-refractivity contribution in [2.45, 2.75) is 25.8 Å². The zero-order valence-electron chi connectivity index (χ0n) is 7.00. The maximum atomic E-state index is 10.7. The van der Waals surface area contributed by atoms with Crippen LogP contribution in [0, 0.1) is 0 Å². The van der Waals surface area contributed by atoms with Gasteiger partial charge in [-0.1, -0.05) is 6.92 Å². The number of rotatable bonds is 5. The topological polar surface area (TPSA) is 72.2 Å². The predicted molar refractivity (Wildman–Crippen MR) is 45.7 cm³/mol. The molecule has 1 unspecified atom stereocenters. The van der Waals surface area contributed by atoms with Crippen molar-refractivity contribution in [1.29, 1.82) is 0 Å². The summed E-state index contributed by atoms with van der Waals surface area (Å²) in [5, 5.41) is 0. The molecule has 0 aromatic carbocycles. The number of sulfonamides is 1. The Kier molecular flexibility index (Phi) is 4.63. The Labute approximate surface area is 68.2 Å². The zero-order valence-corrected chi connectivity index (χ0v) is 7.82. The van der Waals surface area contributed by atoms with Gasteiger partial charge in [-0.15, -0.1) is 0 Å². The van der Waals surface area contributed by atoms with Gasteiger partial charge in [0.1, 0.15) is 0 Å². The van der Waals surface area contributed by atoms with E-state index in [1.165, 1.54) is 0 Å². The van der Waals surface area contributed by atoms with E-state index in [-0.39, 0.29) is 6.04 Å². The minimum atomic E-state index is -3.06. The van der Waals surface area contributed by atoms with Gasteiger partial charge in [0.2, 0.25) is 10.0 Å². The molecule has 0 heterocycles. The quantitative estimate of drug-likeness (QED) is 0.608. The van der Waals surface area contributed by atoms with Gasteiger partial charge in [0.25, 0.3) is 0 Å². The molecule has 0 aromatic rings. The van der Waals surface area contributed by atoms with Crippen molar-refractivity contribution in [3.63, 3.8) is 0 Å². The first-order valence-electron chi connectivity index (χ1n) is 3.67. The molecular weight excluding hydrogens is 164 g/mol. The summed E-state index contributed by atoms with van der Waals surface area (Å²) >= 11 is 0. The van der Waals surface area contributed by atoms with Crippen molar-refractivity contribution >= 4 is 10.0 Å². The van der Waals surface area contributed by atoms with E-state index >= 15 is 0 Å². The highest BCUT2D eigenvalue weighted by Crippen LogP contribution is 1.96. The lowest BCUT2D eigenvalue weighted by Crippen LogP contribution is -2.34. The Morgan fingerprint density at radius 2 is 2.09 bits per heavy atom. The summed E-state index contributed by atoms with van der Waals surface area (Å²) in [5.74, 6) is 0. The second-order valence-corrected chi connectivity index (χ2v) is 4.35. The molecule has 3 N–H and O–H groups in total. The van der Waals surface area contributed by atoms with E-state index < -0.39 is 10.0 Å². The average molecular weight is 180 g/mol. The van der Waals surface area contributed by atoms with Gasteiger partial charge in [0, 0.05) is 6.04 Å². The normalized spacial score (nSPS) is 14.8. The highest BCUT2D eigenvalue weighted by atomic mass is 32.2. The number of hydrogen-bond donors (Lipinski definition) is 2. The number of nitrogens with one attached hydrogen (secondary N) is 1. The molecular formula is C6H16N2O2S. The Hall–Kier alpha value is -0.130. The molecule has 5 heteroatoms. The molecule has 0 saturated carbocycles. The third-order valence-electron chi connectivity index (χ3n) is 1.39. The summed E-state index contributed by atoms with van der Waals surface area (Å²) in [6, 6.07) is -0.00463. The summed E-state index contributed by atoms with van der Waals surface area (Å²) in [4.78, 5) is 0. The van der Waals surface area contributed by atoms with Crippen LogP contribution >= 0.6 is 0 Å². The van der Waals surface area contributed by atoms with Crippen LogP contribution in [0.4, 0.5) is 0 Å². The van der Waals surface area contributed by atoms with Gasteiger partial charge in [-0.3, -0.25) is 0 Å². The largest absolute Gasteiger partial charge is 0.330 e. The minimum absolute atomic E-state index is 0.00463. The van der Waals surface area contributed by atoms with Crippen molar-refractivity contribution in [3.8, 4) is 0 Å². The molecule has 0 aromatic heterocycles. The van der Waals surface area contributed by atoms with Gasteiger partial charge in [0.15, 0.2) is 0 Å². The molecule has 0 aliphatic rings. The van der Waals surface area contributed by atoms with Crippen molar-refractivity contribution in [2.75, 3.05) is 12.8 Å². The lowest BCUT2D eigenvalue weighted by atomic mass is 10.2. The summed E-state index contributed by atoms with van der Waals surface area (Å²) < 4.78 is 23.9. The molecule has 0 spiro atoms. The summed E-state index contributed by atoms with van der Waals surface area (Å²) in [6.45, 7) is 2.44. The van der Waals surface area contributed by atoms with Crippen LogP contribution in [0.2, 0.25) is 0 Å². The van der Waals surface area contributed by atoms with E-state index in [0.717, 1.165) is 12.7 Å². The van der Waals surface area contributed by atoms with Gasteiger partial charge < -0.3 is 5.73 Å². The van der Waals surface area contributed by atoms with E-state index in [4.69, 9.17) is 5.73 Å². The molecule has 0 amide bonds. The van der Waals surface area contributed by atoms with Crippen LogP contribution in [0.5, 0.6) is 0 Å². The highest BCUT2D eigenvalue weighted by Gasteiger charge is 2.09. The van der Waals surface area contributed by atoms with E-state index in [1.807, 2.05) is 6.92 Å². The first-order chi connectivity index (χ1) is 4.99. The third kappa shape index (κ3) is 6.28. The lowest BCUT2D eigenvalue weighted by Gasteiger charge is -2.13. The molecule has 68 valence electrons. The van der Waals surface area contributed by atoms with Gasteiger partial charge in [-0.05, 0) is 19.4 Å². The zero-order chi connectivity index (χ0) is 8.91. The Morgan fingerprint density at radius 1 is 1.55 bits per heavy atom. The fourth-order valence-electron chi connectivity index (χ4n) is 0.850. The highest BCUT2D eigenvalue weighted by molar-refractivity contribution is 7.88. The molecule has 0 radical (unpaired) electrons. The first-order valence-corrected chi connectivity index (χ1v) is 5.56. The van der Waals surface area contributed by atoms with Crippen LogP contribution in [0.25, 0.3) is 0 Å². The Morgan fingerprint density at radius 3 is 2.36 bits per heavy atom. The molecule has 0 fully saturated rings. The van der Waals surface area contributed by atoms with Crippen LogP contribution in [0.15, 0.2) is 0 Å². The van der Waals surface area contributed by atoms with Crippen LogP contribution in [0.3, 0.4) is 0 Å². The Bertz CT molecular complexity index is 189. The SMILES string of the molecule is CCC(CCN)NS(C)(=O)=O. The first kappa shape index (κ1) is 10.9. The second kappa shape index (κ2) is 4.69. The minimum Gasteiger partial charge on any atom is -0.330 e. The molecule has 11 heavy (non-hydrogen) atoms. The van der Waals surface area contributed by atoms with Crippen LogP contribution in [-0.4, -0.2) is 27.3 Å². The maximum absolute atomic E-state index is 10.7. The van der Waals surface area contributed by atoms with Crippen molar-refractivity contribution in [3.05, 3.63) is 0 Å². The van der Waals surface area contributed by atoms with Crippen molar-refractivity contribution < 1.29 is 8.42 Å². The lowest BCUT2D eigenvalue weighted by molar-refractivity contribution is 0.525. The van der Waals surface area contributed by atoms with Gasteiger partial charge in [-0.2, -0.15) is 0 Å². The van der Waals surface area contributed by atoms with Crippen LogP contribution in [-0.2, 0) is 10.0 Å². The van der Waals surface area contributed by atoms with E-state index in [2.05, 4.69) is 4.72 Å². The van der Waals surface area contributed by atoms with Gasteiger partial charge >= 0.3 is 0 Å². The third-order valence-corrected chi connectivity index (χ3v) is 2.15. The summed E-state index contributed by atoms with van der Waals surface area (Å²) in [5.41, 5.74) is 5.29. The number of nitrogens with two attached hydrogens (primary N) is 1. The summed E-state index contributed by atoms with van der Waals surface area (Å²) in [6.07, 6.45) is 2.64. The van der Waals surface area contributed by atoms with Crippen LogP contribution in [0.1, 0.15) is 19.8 Å². The summed E-state index contributed by atoms with van der Waals surface area (Å²) in [7, 11) is -3.06. The fraction of sp³-hybridized carbons (Fsp3) is 1.00. The van der Waals surface area contributed by atoms with Crippen molar-refractivity contribution in [1.82, 2.24) is 4.72 Å². The fourth-order valence-corrected chi connectivity index (χ4v) is 1.74. The molecule has 0 aliphatic heterocycles. The molecule has 1 atom stereocenters. The molecule has 0 aliphatic carbocycles. The average Bonchev–Trinajstić information content (AvgIpc) is 1.84. The van der Waals surface area contributed by atoms with E-state index in [0.29, 0.717) is 13.0 Å². The number of hydrogen-bond acceptors (Lipinski definition) is 3. The second-order valence-electron chi connectivity index (χ2n) is 2.57. The molecule has 4 nitrogen and oxygen atoms in total. The maximum Gasteiger partial charge on any atom is 0.208 e. The smallest absolute Gasteiger partial charge is 0.208 e. The molecule has 0 saturated heterocycles. The monoisotopic (exact) mass is 180 g/mol. The van der Waals surface area contributed by atoms with Crippen LogP contribution < -0.4 is 10.5 Å². The van der Waals surface area contributed by atoms with Crippen molar-refractivity contribution in [2.24, 2.45) is 5.73 Å². The Balaban J connectivity index is 3.88. The molecule has 0 rings (SSSR count). The molecule has 0 bridgehead atoms. The standard InChI is InChI=1S/C6H16N2O2S/c1-3-6(4-5-7)8-11(2,9)10/h6,8H,3-5,7H2,1-2H3.